The number of aromatic amines is 1. The summed E-state index contributed by atoms with van der Waals surface area (Å²) in [5.74, 6) is 3.82. The van der Waals surface area contributed by atoms with Crippen LogP contribution in [0, 0.1) is 11.3 Å². The third-order valence-electron chi connectivity index (χ3n) is 10.9. The molecule has 0 saturated heterocycles. The van der Waals surface area contributed by atoms with Gasteiger partial charge in [-0.25, -0.2) is 0 Å². The molecule has 4 aliphatic carbocycles. The number of aryl methyl sites for hydroxylation is 3. The van der Waals surface area contributed by atoms with E-state index in [1.165, 1.54) is 36.9 Å². The SMILES string of the molecule is CCCCc1oc(CCc2ccc(O)c(OC[C@H](NC)c3cc4c([nH]3)[C@H]3C=C[C@@]5(CCC[C@@H]5C3)[C@@H]4CNC[C@H](C)O)c2)cc1CO. The van der Waals surface area contributed by atoms with Crippen molar-refractivity contribution in [2.24, 2.45) is 11.3 Å². The molecule has 2 heterocycles. The Labute approximate surface area is 273 Å². The van der Waals surface area contributed by atoms with Crippen LogP contribution in [0.25, 0.3) is 0 Å². The van der Waals surface area contributed by atoms with E-state index in [0.29, 0.717) is 43.1 Å². The smallest absolute Gasteiger partial charge is 0.161 e. The Balaban J connectivity index is 1.15. The van der Waals surface area contributed by atoms with Crippen LogP contribution in [0.2, 0.25) is 0 Å². The molecule has 46 heavy (non-hydrogen) atoms. The van der Waals surface area contributed by atoms with Crippen LogP contribution >= 0.6 is 0 Å². The summed E-state index contributed by atoms with van der Waals surface area (Å²) in [7, 11) is 1.95. The minimum atomic E-state index is -0.371. The van der Waals surface area contributed by atoms with Crippen LogP contribution in [-0.4, -0.2) is 53.2 Å². The van der Waals surface area contributed by atoms with Crippen molar-refractivity contribution in [2.45, 2.75) is 102 Å². The Kier molecular flexibility index (Phi) is 10.3. The van der Waals surface area contributed by atoms with Gasteiger partial charge in [-0.2, -0.15) is 0 Å². The van der Waals surface area contributed by atoms with Crippen molar-refractivity contribution in [3.05, 3.63) is 82.1 Å². The van der Waals surface area contributed by atoms with Crippen molar-refractivity contribution in [2.75, 3.05) is 26.7 Å². The first kappa shape index (κ1) is 32.9. The molecule has 8 heteroatoms. The quantitative estimate of drug-likeness (QED) is 0.105. The maximum absolute atomic E-state index is 10.7. The number of furan rings is 1. The van der Waals surface area contributed by atoms with Crippen LogP contribution in [0.15, 0.2) is 46.9 Å². The Morgan fingerprint density at radius 3 is 2.83 bits per heavy atom. The molecule has 4 aliphatic rings. The maximum atomic E-state index is 10.7. The topological polar surface area (TPSA) is 123 Å². The minimum absolute atomic E-state index is 0.00451. The zero-order valence-corrected chi connectivity index (χ0v) is 27.8. The maximum Gasteiger partial charge on any atom is 0.161 e. The van der Waals surface area contributed by atoms with Gasteiger partial charge in [0, 0.05) is 54.7 Å². The molecule has 1 spiro atoms. The second-order valence-corrected chi connectivity index (χ2v) is 13.9. The summed E-state index contributed by atoms with van der Waals surface area (Å²) in [4.78, 5) is 3.83. The highest BCUT2D eigenvalue weighted by molar-refractivity contribution is 5.45. The lowest BCUT2D eigenvalue weighted by atomic mass is 9.64. The number of hydrogen-bond donors (Lipinski definition) is 6. The second kappa shape index (κ2) is 14.4. The van der Waals surface area contributed by atoms with E-state index < -0.39 is 0 Å². The van der Waals surface area contributed by atoms with Crippen molar-refractivity contribution >= 4 is 0 Å². The number of nitrogens with one attached hydrogen (secondary N) is 3. The lowest BCUT2D eigenvalue weighted by Gasteiger charge is -2.41. The number of phenols is 1. The van der Waals surface area contributed by atoms with Crippen LogP contribution < -0.4 is 15.4 Å². The molecule has 6 atom stereocenters. The fraction of sp³-hybridized carbons (Fsp3) is 0.579. The number of benzene rings is 1. The van der Waals surface area contributed by atoms with Gasteiger partial charge in [-0.1, -0.05) is 38.0 Å². The first-order chi connectivity index (χ1) is 22.3. The van der Waals surface area contributed by atoms with E-state index in [-0.39, 0.29) is 29.9 Å². The molecule has 0 unspecified atom stereocenters. The highest BCUT2D eigenvalue weighted by atomic mass is 16.5. The van der Waals surface area contributed by atoms with Gasteiger partial charge in [0.2, 0.25) is 0 Å². The van der Waals surface area contributed by atoms with Crippen LogP contribution in [0.1, 0.15) is 110 Å². The summed E-state index contributed by atoms with van der Waals surface area (Å²) >= 11 is 0. The molecule has 2 aromatic heterocycles. The Bertz CT molecular complexity index is 1490. The zero-order chi connectivity index (χ0) is 32.3. The number of aromatic nitrogens is 1. The van der Waals surface area contributed by atoms with Gasteiger partial charge in [-0.05, 0) is 92.8 Å². The first-order valence-electron chi connectivity index (χ1n) is 17.5. The molecule has 1 aromatic carbocycles. The number of aliphatic hydroxyl groups is 2. The monoisotopic (exact) mass is 631 g/mol. The summed E-state index contributed by atoms with van der Waals surface area (Å²) in [5.41, 5.74) is 5.94. The van der Waals surface area contributed by atoms with Crippen molar-refractivity contribution in [3.8, 4) is 11.5 Å². The number of rotatable bonds is 16. The number of aromatic hydroxyl groups is 1. The van der Waals surface area contributed by atoms with Gasteiger partial charge in [0.15, 0.2) is 11.5 Å². The van der Waals surface area contributed by atoms with E-state index in [9.17, 15) is 15.3 Å². The Morgan fingerprint density at radius 2 is 2.04 bits per heavy atom. The van der Waals surface area contributed by atoms with E-state index in [1.54, 1.807) is 6.07 Å². The van der Waals surface area contributed by atoms with Gasteiger partial charge in [0.25, 0.3) is 0 Å². The van der Waals surface area contributed by atoms with E-state index in [0.717, 1.165) is 60.6 Å². The molecule has 0 amide bonds. The molecule has 1 saturated carbocycles. The molecular formula is C38H53N3O5. The number of phenolic OH excluding ortho intramolecular Hbond substituents is 1. The van der Waals surface area contributed by atoms with E-state index >= 15 is 0 Å². The van der Waals surface area contributed by atoms with Crippen molar-refractivity contribution in [1.82, 2.24) is 15.6 Å². The number of hydrogen-bond acceptors (Lipinski definition) is 7. The van der Waals surface area contributed by atoms with E-state index in [4.69, 9.17) is 9.15 Å². The molecule has 250 valence electrons. The van der Waals surface area contributed by atoms with Crippen molar-refractivity contribution in [1.29, 1.82) is 0 Å². The fourth-order valence-electron chi connectivity index (χ4n) is 8.40. The van der Waals surface area contributed by atoms with Crippen LogP contribution in [-0.2, 0) is 25.9 Å². The molecule has 7 rings (SSSR count). The van der Waals surface area contributed by atoms with Crippen LogP contribution in [0.5, 0.6) is 11.5 Å². The van der Waals surface area contributed by atoms with Crippen molar-refractivity contribution in [3.63, 3.8) is 0 Å². The highest BCUT2D eigenvalue weighted by Gasteiger charge is 2.53. The highest BCUT2D eigenvalue weighted by Crippen LogP contribution is 2.62. The third-order valence-corrected chi connectivity index (χ3v) is 10.9. The lowest BCUT2D eigenvalue weighted by Crippen LogP contribution is -2.39. The van der Waals surface area contributed by atoms with E-state index in [1.807, 2.05) is 32.2 Å². The van der Waals surface area contributed by atoms with Crippen LogP contribution in [0.3, 0.4) is 0 Å². The normalized spacial score (nSPS) is 24.5. The number of unbranched alkanes of at least 4 members (excludes halogenated alkanes) is 1. The number of ether oxygens (including phenoxy) is 1. The fourth-order valence-corrected chi connectivity index (χ4v) is 8.40. The molecule has 6 N–H and O–H groups in total. The number of allylic oxidation sites excluding steroid dienone is 2. The molecule has 0 aliphatic heterocycles. The summed E-state index contributed by atoms with van der Waals surface area (Å²) in [6, 6.07) is 9.80. The molecule has 8 nitrogen and oxygen atoms in total. The average molecular weight is 632 g/mol. The van der Waals surface area contributed by atoms with Gasteiger partial charge in [0.1, 0.15) is 18.1 Å². The molecule has 1 fully saturated rings. The number of H-pyrrole nitrogens is 1. The number of aliphatic hydroxyl groups excluding tert-OH is 2. The Hall–Kier alpha value is -3.04. The molecule has 0 radical (unpaired) electrons. The van der Waals surface area contributed by atoms with Gasteiger partial charge >= 0.3 is 0 Å². The van der Waals surface area contributed by atoms with Gasteiger partial charge < -0.3 is 40.1 Å². The summed E-state index contributed by atoms with van der Waals surface area (Å²) in [6.07, 6.45) is 14.0. The predicted octanol–water partition coefficient (Wildman–Crippen LogP) is 6.17. The van der Waals surface area contributed by atoms with Crippen molar-refractivity contribution < 1.29 is 24.5 Å². The number of likely N-dealkylation sites (N-methyl/N-ethyl adjacent to an activating group) is 1. The molecular weight excluding hydrogens is 578 g/mol. The average Bonchev–Trinajstić information content (AvgIpc) is 3.76. The van der Waals surface area contributed by atoms with Crippen LogP contribution in [0.4, 0.5) is 0 Å². The summed E-state index contributed by atoms with van der Waals surface area (Å²) in [6.45, 7) is 5.80. The first-order valence-corrected chi connectivity index (χ1v) is 17.5. The van der Waals surface area contributed by atoms with E-state index in [2.05, 4.69) is 40.8 Å². The minimum Gasteiger partial charge on any atom is -0.504 e. The lowest BCUT2D eigenvalue weighted by molar-refractivity contribution is 0.172. The molecule has 3 aromatic rings. The van der Waals surface area contributed by atoms with Gasteiger partial charge in [0.05, 0.1) is 18.8 Å². The summed E-state index contributed by atoms with van der Waals surface area (Å²) in [5, 5.41) is 37.4. The molecule has 2 bridgehead atoms. The van der Waals surface area contributed by atoms with Gasteiger partial charge in [-0.3, -0.25) is 0 Å². The largest absolute Gasteiger partial charge is 0.504 e. The van der Waals surface area contributed by atoms with Gasteiger partial charge in [-0.15, -0.1) is 0 Å². The third kappa shape index (κ3) is 6.68. The Morgan fingerprint density at radius 1 is 1.17 bits per heavy atom. The second-order valence-electron chi connectivity index (χ2n) is 13.9. The summed E-state index contributed by atoms with van der Waals surface area (Å²) < 4.78 is 12.4. The standard InChI is InChI=1S/C38H53N3O5/c1-4-5-8-35-27(22-42)18-29(46-35)11-9-25-10-12-34(44)36(16-25)45-23-33(39-3)32-19-30-31(21-40-20-24(2)43)38-14-6-7-28(38)17-26(13-15-38)37(30)41-32/h10,12-13,15-16,18-19,24,26,28,31,33,39-44H,4-9,11,14,17,20-23H2,1-3H3/t24-,26-,28+,31+,33-,38+/m0/s1. The zero-order valence-electron chi connectivity index (χ0n) is 27.8. The predicted molar refractivity (Wildman–Crippen MR) is 180 cm³/mol.